The van der Waals surface area contributed by atoms with E-state index in [1.165, 1.54) is 36.8 Å². The van der Waals surface area contributed by atoms with Crippen LogP contribution in [-0.2, 0) is 12.8 Å². The van der Waals surface area contributed by atoms with Gasteiger partial charge in [0.15, 0.2) is 0 Å². The lowest BCUT2D eigenvalue weighted by atomic mass is 9.65. The summed E-state index contributed by atoms with van der Waals surface area (Å²) in [6.07, 6.45) is 6.35. The Morgan fingerprint density at radius 2 is 2.11 bits per heavy atom. The Labute approximate surface area is 111 Å². The van der Waals surface area contributed by atoms with Crippen LogP contribution in [0.15, 0.2) is 18.2 Å². The molecule has 1 saturated carbocycles. The second kappa shape index (κ2) is 5.75. The molecule has 2 nitrogen and oxygen atoms in total. The van der Waals surface area contributed by atoms with Crippen molar-refractivity contribution in [3.8, 4) is 5.75 Å². The van der Waals surface area contributed by atoms with Crippen molar-refractivity contribution in [3.63, 3.8) is 0 Å². The Balaban J connectivity index is 2.13. The van der Waals surface area contributed by atoms with Gasteiger partial charge in [-0.05, 0) is 55.3 Å². The lowest BCUT2D eigenvalue weighted by Gasteiger charge is -2.42. The van der Waals surface area contributed by atoms with Gasteiger partial charge >= 0.3 is 0 Å². The molecule has 0 saturated heterocycles. The fraction of sp³-hybridized carbons (Fsp3) is 0.625. The zero-order valence-corrected chi connectivity index (χ0v) is 11.9. The van der Waals surface area contributed by atoms with Crippen LogP contribution in [0.5, 0.6) is 5.75 Å². The van der Waals surface area contributed by atoms with E-state index in [4.69, 9.17) is 4.74 Å². The molecule has 0 bridgehead atoms. The summed E-state index contributed by atoms with van der Waals surface area (Å²) in [7, 11) is 3.81. The molecule has 0 aliphatic heterocycles. The van der Waals surface area contributed by atoms with E-state index in [9.17, 15) is 0 Å². The maximum Gasteiger partial charge on any atom is 0.122 e. The van der Waals surface area contributed by atoms with E-state index < -0.39 is 0 Å². The second-order valence-corrected chi connectivity index (χ2v) is 5.56. The third kappa shape index (κ3) is 2.69. The van der Waals surface area contributed by atoms with Gasteiger partial charge in [0.2, 0.25) is 0 Å². The Bertz CT molecular complexity index is 396. The summed E-state index contributed by atoms with van der Waals surface area (Å²) in [5.74, 6) is 1.03. The Morgan fingerprint density at radius 3 is 2.61 bits per heavy atom. The van der Waals surface area contributed by atoms with E-state index in [1.54, 1.807) is 7.11 Å². The molecule has 1 aromatic rings. The summed E-state index contributed by atoms with van der Waals surface area (Å²) < 4.78 is 5.40. The Hall–Kier alpha value is -1.02. The molecule has 0 amide bonds. The molecule has 2 heteroatoms. The number of methoxy groups -OCH3 is 1. The molecule has 1 aromatic carbocycles. The maximum absolute atomic E-state index is 5.40. The molecular formula is C16H25NO. The molecule has 100 valence electrons. The van der Waals surface area contributed by atoms with Gasteiger partial charge in [-0.1, -0.05) is 25.5 Å². The number of benzene rings is 1. The van der Waals surface area contributed by atoms with Gasteiger partial charge in [0.25, 0.3) is 0 Å². The summed E-state index contributed by atoms with van der Waals surface area (Å²) >= 11 is 0. The van der Waals surface area contributed by atoms with E-state index in [0.717, 1.165) is 18.7 Å². The average molecular weight is 247 g/mol. The molecule has 1 aliphatic rings. The molecule has 2 rings (SSSR count). The van der Waals surface area contributed by atoms with Crippen molar-refractivity contribution in [3.05, 3.63) is 29.3 Å². The topological polar surface area (TPSA) is 21.3 Å². The Morgan fingerprint density at radius 1 is 1.33 bits per heavy atom. The van der Waals surface area contributed by atoms with Crippen molar-refractivity contribution in [2.75, 3.05) is 20.7 Å². The molecule has 1 fully saturated rings. The minimum absolute atomic E-state index is 0.508. The number of hydrogen-bond donors (Lipinski definition) is 1. The third-order valence-electron chi connectivity index (χ3n) is 4.27. The highest BCUT2D eigenvalue weighted by atomic mass is 16.5. The fourth-order valence-electron chi connectivity index (χ4n) is 3.12. The zero-order valence-electron chi connectivity index (χ0n) is 11.9. The molecule has 0 heterocycles. The fourth-order valence-corrected chi connectivity index (χ4v) is 3.12. The number of hydrogen-bond acceptors (Lipinski definition) is 2. The summed E-state index contributed by atoms with van der Waals surface area (Å²) in [4.78, 5) is 0. The highest BCUT2D eigenvalue weighted by Gasteiger charge is 2.36. The van der Waals surface area contributed by atoms with Crippen LogP contribution in [0, 0.1) is 5.41 Å². The highest BCUT2D eigenvalue weighted by Crippen LogP contribution is 2.43. The summed E-state index contributed by atoms with van der Waals surface area (Å²) in [6.45, 7) is 3.33. The smallest absolute Gasteiger partial charge is 0.122 e. The van der Waals surface area contributed by atoms with Gasteiger partial charge in [-0.15, -0.1) is 0 Å². The second-order valence-electron chi connectivity index (χ2n) is 5.56. The molecule has 1 aliphatic carbocycles. The predicted molar refractivity (Wildman–Crippen MR) is 76.3 cm³/mol. The monoisotopic (exact) mass is 247 g/mol. The van der Waals surface area contributed by atoms with Crippen LogP contribution < -0.4 is 10.1 Å². The van der Waals surface area contributed by atoms with Crippen molar-refractivity contribution >= 4 is 0 Å². The molecule has 1 N–H and O–H groups in total. The number of rotatable bonds is 6. The molecule has 0 atom stereocenters. The first-order chi connectivity index (χ1) is 8.73. The number of aryl methyl sites for hydroxylation is 1. The van der Waals surface area contributed by atoms with Gasteiger partial charge in [0, 0.05) is 6.54 Å². The summed E-state index contributed by atoms with van der Waals surface area (Å²) in [5.41, 5.74) is 3.30. The summed E-state index contributed by atoms with van der Waals surface area (Å²) in [5, 5.41) is 3.36. The first kappa shape index (κ1) is 13.4. The van der Waals surface area contributed by atoms with Crippen molar-refractivity contribution in [1.82, 2.24) is 5.32 Å². The van der Waals surface area contributed by atoms with Crippen LogP contribution in [0.1, 0.15) is 37.3 Å². The highest BCUT2D eigenvalue weighted by molar-refractivity contribution is 5.37. The molecular weight excluding hydrogens is 222 g/mol. The molecule has 0 unspecified atom stereocenters. The molecule has 0 aromatic heterocycles. The molecule has 0 spiro atoms. The van der Waals surface area contributed by atoms with Crippen LogP contribution in [0.25, 0.3) is 0 Å². The van der Waals surface area contributed by atoms with Crippen molar-refractivity contribution in [1.29, 1.82) is 0 Å². The van der Waals surface area contributed by atoms with Crippen molar-refractivity contribution < 1.29 is 4.74 Å². The quantitative estimate of drug-likeness (QED) is 0.833. The molecule has 18 heavy (non-hydrogen) atoms. The van der Waals surface area contributed by atoms with Gasteiger partial charge in [-0.25, -0.2) is 0 Å². The van der Waals surface area contributed by atoms with Crippen LogP contribution in [-0.4, -0.2) is 20.7 Å². The number of nitrogens with one attached hydrogen (secondary N) is 1. The third-order valence-corrected chi connectivity index (χ3v) is 4.27. The van der Waals surface area contributed by atoms with Crippen molar-refractivity contribution in [2.24, 2.45) is 5.41 Å². The standard InChI is InChI=1S/C16H25NO/c1-4-14-10-13(6-7-15(14)18-3)11-16(12-17-2)8-5-9-16/h6-7,10,17H,4-5,8-9,11-12H2,1-3H3. The first-order valence-electron chi connectivity index (χ1n) is 7.03. The minimum Gasteiger partial charge on any atom is -0.496 e. The lowest BCUT2D eigenvalue weighted by Crippen LogP contribution is -2.40. The van der Waals surface area contributed by atoms with E-state index in [-0.39, 0.29) is 0 Å². The van der Waals surface area contributed by atoms with Gasteiger partial charge in [-0.2, -0.15) is 0 Å². The van der Waals surface area contributed by atoms with Gasteiger partial charge in [0.1, 0.15) is 5.75 Å². The normalized spacial score (nSPS) is 17.3. The van der Waals surface area contributed by atoms with Crippen LogP contribution >= 0.6 is 0 Å². The van der Waals surface area contributed by atoms with E-state index in [0.29, 0.717) is 5.41 Å². The SMILES string of the molecule is CCc1cc(CC2(CNC)CCC2)ccc1OC. The van der Waals surface area contributed by atoms with E-state index in [1.807, 2.05) is 0 Å². The first-order valence-corrected chi connectivity index (χ1v) is 7.03. The van der Waals surface area contributed by atoms with Crippen molar-refractivity contribution in [2.45, 2.75) is 39.0 Å². The predicted octanol–water partition coefficient (Wildman–Crippen LogP) is 3.19. The van der Waals surface area contributed by atoms with Gasteiger partial charge in [0.05, 0.1) is 7.11 Å². The van der Waals surface area contributed by atoms with Crippen LogP contribution in [0.3, 0.4) is 0 Å². The van der Waals surface area contributed by atoms with Gasteiger partial charge < -0.3 is 10.1 Å². The lowest BCUT2D eigenvalue weighted by molar-refractivity contribution is 0.133. The van der Waals surface area contributed by atoms with Crippen LogP contribution in [0.2, 0.25) is 0 Å². The van der Waals surface area contributed by atoms with E-state index >= 15 is 0 Å². The van der Waals surface area contributed by atoms with Gasteiger partial charge in [-0.3, -0.25) is 0 Å². The minimum atomic E-state index is 0.508. The summed E-state index contributed by atoms with van der Waals surface area (Å²) in [6, 6.07) is 6.68. The Kier molecular flexibility index (Phi) is 4.28. The molecule has 0 radical (unpaired) electrons. The largest absolute Gasteiger partial charge is 0.496 e. The number of ether oxygens (including phenoxy) is 1. The average Bonchev–Trinajstić information content (AvgIpc) is 2.36. The van der Waals surface area contributed by atoms with Crippen LogP contribution in [0.4, 0.5) is 0 Å². The zero-order chi connectivity index (χ0) is 13.0. The maximum atomic E-state index is 5.40. The van der Waals surface area contributed by atoms with E-state index in [2.05, 4.69) is 37.5 Å².